The Kier molecular flexibility index (Phi) is 3.03. The summed E-state index contributed by atoms with van der Waals surface area (Å²) in [4.78, 5) is 12.0. The second-order valence-electron chi connectivity index (χ2n) is 4.79. The molecule has 0 saturated heterocycles. The van der Waals surface area contributed by atoms with Crippen molar-refractivity contribution in [1.82, 2.24) is 10.2 Å². The van der Waals surface area contributed by atoms with Crippen LogP contribution in [0.15, 0.2) is 18.2 Å². The quantitative estimate of drug-likeness (QED) is 0.880. The molecule has 3 rings (SSSR count). The molecular weight excluding hydrogens is 262 g/mol. The summed E-state index contributed by atoms with van der Waals surface area (Å²) >= 11 is 6.09. The maximum Gasteiger partial charge on any atom is 0.168 e. The topological polar surface area (TPSA) is 57.8 Å². The van der Waals surface area contributed by atoms with Crippen LogP contribution >= 0.6 is 11.6 Å². The molecule has 98 valence electrons. The molecule has 19 heavy (non-hydrogen) atoms. The molecule has 1 aliphatic rings. The molecule has 1 aliphatic carbocycles. The van der Waals surface area contributed by atoms with Crippen molar-refractivity contribution in [3.63, 3.8) is 0 Å². The Morgan fingerprint density at radius 3 is 3.00 bits per heavy atom. The first kappa shape index (κ1) is 12.2. The van der Waals surface area contributed by atoms with E-state index in [1.54, 1.807) is 0 Å². The molecule has 4 nitrogen and oxygen atoms in total. The van der Waals surface area contributed by atoms with Gasteiger partial charge in [-0.25, -0.2) is 0 Å². The van der Waals surface area contributed by atoms with Gasteiger partial charge in [0.2, 0.25) is 0 Å². The second-order valence-corrected chi connectivity index (χ2v) is 5.20. The van der Waals surface area contributed by atoms with Gasteiger partial charge in [-0.1, -0.05) is 17.7 Å². The number of ketones is 1. The molecule has 0 bridgehead atoms. The number of H-pyrrole nitrogens is 1. The number of aromatic amines is 1. The molecule has 1 heterocycles. The molecule has 0 saturated carbocycles. The zero-order valence-corrected chi connectivity index (χ0v) is 11.3. The van der Waals surface area contributed by atoms with E-state index in [9.17, 15) is 4.79 Å². The fraction of sp³-hybridized carbons (Fsp3) is 0.286. The minimum atomic E-state index is 0.149. The Morgan fingerprint density at radius 2 is 2.21 bits per heavy atom. The van der Waals surface area contributed by atoms with Crippen LogP contribution in [0.1, 0.15) is 34.5 Å². The van der Waals surface area contributed by atoms with Crippen molar-refractivity contribution in [2.24, 2.45) is 0 Å². The first-order valence-electron chi connectivity index (χ1n) is 6.29. The summed E-state index contributed by atoms with van der Waals surface area (Å²) < 4.78 is 0. The van der Waals surface area contributed by atoms with Crippen LogP contribution in [0.2, 0.25) is 5.02 Å². The van der Waals surface area contributed by atoms with Crippen molar-refractivity contribution < 1.29 is 4.79 Å². The summed E-state index contributed by atoms with van der Waals surface area (Å²) in [6.45, 7) is 1.95. The van der Waals surface area contributed by atoms with E-state index in [-0.39, 0.29) is 5.78 Å². The molecular formula is C14H14ClN3O. The number of carbonyl (C=O) groups excluding carboxylic acids is 1. The van der Waals surface area contributed by atoms with E-state index in [1.807, 2.05) is 25.1 Å². The minimum Gasteiger partial charge on any atom is -0.338 e. The monoisotopic (exact) mass is 275 g/mol. The molecule has 0 aliphatic heterocycles. The van der Waals surface area contributed by atoms with Gasteiger partial charge in [0.05, 0.1) is 5.56 Å². The van der Waals surface area contributed by atoms with Gasteiger partial charge in [-0.15, -0.1) is 0 Å². The molecule has 0 unspecified atom stereocenters. The highest BCUT2D eigenvalue weighted by atomic mass is 35.5. The van der Waals surface area contributed by atoms with Crippen LogP contribution < -0.4 is 5.32 Å². The number of hydrogen-bond acceptors (Lipinski definition) is 3. The van der Waals surface area contributed by atoms with Crippen molar-refractivity contribution >= 4 is 28.9 Å². The van der Waals surface area contributed by atoms with E-state index in [0.717, 1.165) is 29.8 Å². The van der Waals surface area contributed by atoms with Crippen molar-refractivity contribution in [1.29, 1.82) is 0 Å². The number of carbonyl (C=O) groups is 1. The summed E-state index contributed by atoms with van der Waals surface area (Å²) in [5.41, 5.74) is 3.48. The van der Waals surface area contributed by atoms with Gasteiger partial charge >= 0.3 is 0 Å². The minimum absolute atomic E-state index is 0.149. The van der Waals surface area contributed by atoms with Crippen LogP contribution in [0.3, 0.4) is 0 Å². The third-order valence-electron chi connectivity index (χ3n) is 3.39. The summed E-state index contributed by atoms with van der Waals surface area (Å²) in [5.74, 6) is 0.746. The van der Waals surface area contributed by atoms with Crippen LogP contribution in [0.25, 0.3) is 0 Å². The number of Topliss-reactive ketones (excluding diaryl/α,β-unsaturated/α-hetero) is 1. The Labute approximate surface area is 116 Å². The highest BCUT2D eigenvalue weighted by Crippen LogP contribution is 2.29. The highest BCUT2D eigenvalue weighted by molar-refractivity contribution is 6.31. The lowest BCUT2D eigenvalue weighted by molar-refractivity contribution is 0.0973. The number of aryl methyl sites for hydroxylation is 2. The smallest absolute Gasteiger partial charge is 0.168 e. The first-order valence-corrected chi connectivity index (χ1v) is 6.66. The van der Waals surface area contributed by atoms with E-state index in [4.69, 9.17) is 11.6 Å². The summed E-state index contributed by atoms with van der Waals surface area (Å²) in [5, 5.41) is 11.0. The highest BCUT2D eigenvalue weighted by Gasteiger charge is 2.24. The lowest BCUT2D eigenvalue weighted by atomic mass is 9.96. The molecule has 5 heteroatoms. The maximum atomic E-state index is 12.0. The van der Waals surface area contributed by atoms with Crippen molar-refractivity contribution in [2.45, 2.75) is 26.2 Å². The number of benzene rings is 1. The van der Waals surface area contributed by atoms with Gasteiger partial charge in [-0.2, -0.15) is 5.10 Å². The SMILES string of the molecule is Cc1ccc(Nc2n[nH]c3c2C(=O)CCC3)cc1Cl. The molecule has 1 aromatic heterocycles. The second kappa shape index (κ2) is 4.70. The predicted octanol–water partition coefficient (Wildman–Crippen LogP) is 3.63. The van der Waals surface area contributed by atoms with Crippen molar-refractivity contribution in [3.8, 4) is 0 Å². The lowest BCUT2D eigenvalue weighted by Crippen LogP contribution is -2.10. The van der Waals surface area contributed by atoms with E-state index in [2.05, 4.69) is 15.5 Å². The number of halogens is 1. The van der Waals surface area contributed by atoms with Crippen LogP contribution in [0, 0.1) is 6.92 Å². The van der Waals surface area contributed by atoms with Gasteiger partial charge in [0, 0.05) is 22.8 Å². The number of anilines is 2. The Hall–Kier alpha value is -1.81. The average Bonchev–Trinajstić information content (AvgIpc) is 2.79. The van der Waals surface area contributed by atoms with E-state index >= 15 is 0 Å². The molecule has 0 amide bonds. The predicted molar refractivity (Wildman–Crippen MR) is 75.3 cm³/mol. The van der Waals surface area contributed by atoms with Crippen molar-refractivity contribution in [3.05, 3.63) is 40.0 Å². The Balaban J connectivity index is 1.93. The summed E-state index contributed by atoms with van der Waals surface area (Å²) in [6, 6.07) is 5.70. The molecule has 2 aromatic rings. The zero-order chi connectivity index (χ0) is 13.4. The van der Waals surface area contributed by atoms with E-state index in [0.29, 0.717) is 22.8 Å². The largest absolute Gasteiger partial charge is 0.338 e. The van der Waals surface area contributed by atoms with Gasteiger partial charge in [-0.05, 0) is 37.5 Å². The third kappa shape index (κ3) is 2.24. The van der Waals surface area contributed by atoms with Crippen LogP contribution in [0.5, 0.6) is 0 Å². The summed E-state index contributed by atoms with van der Waals surface area (Å²) in [7, 11) is 0. The molecule has 0 fully saturated rings. The van der Waals surface area contributed by atoms with Gasteiger partial charge in [0.25, 0.3) is 0 Å². The molecule has 0 atom stereocenters. The van der Waals surface area contributed by atoms with Crippen molar-refractivity contribution in [2.75, 3.05) is 5.32 Å². The number of aromatic nitrogens is 2. The number of fused-ring (bicyclic) bond motifs is 1. The first-order chi connectivity index (χ1) is 9.15. The number of hydrogen-bond donors (Lipinski definition) is 2. The van der Waals surface area contributed by atoms with Crippen LogP contribution in [-0.2, 0) is 6.42 Å². The molecule has 2 N–H and O–H groups in total. The maximum absolute atomic E-state index is 12.0. The fourth-order valence-corrected chi connectivity index (χ4v) is 2.49. The zero-order valence-electron chi connectivity index (χ0n) is 10.6. The number of rotatable bonds is 2. The van der Waals surface area contributed by atoms with Gasteiger partial charge in [0.1, 0.15) is 0 Å². The fourth-order valence-electron chi connectivity index (χ4n) is 2.31. The number of nitrogens with one attached hydrogen (secondary N) is 2. The Morgan fingerprint density at radius 1 is 1.37 bits per heavy atom. The molecule has 0 radical (unpaired) electrons. The average molecular weight is 276 g/mol. The molecule has 1 aromatic carbocycles. The van der Waals surface area contributed by atoms with Crippen LogP contribution in [0.4, 0.5) is 11.5 Å². The summed E-state index contributed by atoms with van der Waals surface area (Å²) in [6.07, 6.45) is 2.37. The Bertz CT molecular complexity index is 648. The lowest BCUT2D eigenvalue weighted by Gasteiger charge is -2.11. The number of nitrogens with zero attached hydrogens (tertiary/aromatic N) is 1. The van der Waals surface area contributed by atoms with E-state index in [1.165, 1.54) is 0 Å². The standard InChI is InChI=1S/C14H14ClN3O/c1-8-5-6-9(7-10(8)15)16-14-13-11(17-18-14)3-2-4-12(13)19/h5-7H,2-4H2,1H3,(H2,16,17,18). The van der Waals surface area contributed by atoms with E-state index < -0.39 is 0 Å². The third-order valence-corrected chi connectivity index (χ3v) is 3.79. The van der Waals surface area contributed by atoms with Crippen LogP contribution in [-0.4, -0.2) is 16.0 Å². The van der Waals surface area contributed by atoms with Gasteiger partial charge in [0.15, 0.2) is 11.6 Å². The van der Waals surface area contributed by atoms with Gasteiger partial charge in [-0.3, -0.25) is 9.89 Å². The van der Waals surface area contributed by atoms with Gasteiger partial charge < -0.3 is 5.32 Å². The molecule has 0 spiro atoms. The normalized spacial score (nSPS) is 14.3.